The number of anilines is 1. The van der Waals surface area contributed by atoms with Crippen LogP contribution in [0.3, 0.4) is 0 Å². The minimum absolute atomic E-state index is 0.257. The molecule has 0 fully saturated rings. The molecule has 0 amide bonds. The first kappa shape index (κ1) is 18.4. The number of ether oxygens (including phenoxy) is 1. The highest BCUT2D eigenvalue weighted by Crippen LogP contribution is 2.31. The lowest BCUT2D eigenvalue weighted by Crippen LogP contribution is -2.10. The first-order chi connectivity index (χ1) is 13.6. The number of esters is 1. The second-order valence-corrected chi connectivity index (χ2v) is 7.36. The number of rotatable bonds is 5. The van der Waals surface area contributed by atoms with Gasteiger partial charge >= 0.3 is 5.97 Å². The number of fused-ring (bicyclic) bond motifs is 2. The van der Waals surface area contributed by atoms with Crippen LogP contribution in [0.1, 0.15) is 30.1 Å². The Labute approximate surface area is 170 Å². The van der Waals surface area contributed by atoms with Crippen molar-refractivity contribution in [2.75, 3.05) is 12.3 Å². The number of aromatic nitrogens is 3. The lowest BCUT2D eigenvalue weighted by molar-refractivity contribution is 0.0503. The van der Waals surface area contributed by atoms with Crippen molar-refractivity contribution in [2.24, 2.45) is 0 Å². The highest BCUT2D eigenvalue weighted by molar-refractivity contribution is 9.10. The van der Waals surface area contributed by atoms with Crippen molar-refractivity contribution >= 4 is 49.9 Å². The Morgan fingerprint density at radius 1 is 1.11 bits per heavy atom. The Bertz CT molecular complexity index is 1170. The monoisotopic (exact) mass is 438 g/mol. The zero-order valence-electron chi connectivity index (χ0n) is 15.4. The number of unbranched alkanes of at least 4 members (excludes halogenated alkanes) is 1. The third kappa shape index (κ3) is 3.22. The molecule has 4 rings (SSSR count). The SMILES string of the molecule is CCCCOC(=O)c1c(N)n(-c2ccc(Br)cc2)c2nc3ccccc3nc12. The molecule has 2 N–H and O–H groups in total. The fourth-order valence-electron chi connectivity index (χ4n) is 3.10. The number of carbonyl (C=O) groups is 1. The van der Waals surface area contributed by atoms with E-state index in [0.29, 0.717) is 23.3 Å². The normalized spacial score (nSPS) is 11.2. The zero-order valence-corrected chi connectivity index (χ0v) is 16.9. The molecule has 2 aromatic heterocycles. The molecule has 4 aromatic rings. The number of hydrogen-bond acceptors (Lipinski definition) is 5. The van der Waals surface area contributed by atoms with Gasteiger partial charge in [-0.05, 0) is 42.8 Å². The summed E-state index contributed by atoms with van der Waals surface area (Å²) >= 11 is 3.44. The van der Waals surface area contributed by atoms with Gasteiger partial charge in [0.15, 0.2) is 5.65 Å². The summed E-state index contributed by atoms with van der Waals surface area (Å²) in [5, 5.41) is 0. The van der Waals surface area contributed by atoms with E-state index >= 15 is 0 Å². The summed E-state index contributed by atoms with van der Waals surface area (Å²) < 4.78 is 8.12. The van der Waals surface area contributed by atoms with E-state index in [1.165, 1.54) is 0 Å². The molecule has 2 aromatic carbocycles. The van der Waals surface area contributed by atoms with Crippen LogP contribution in [0, 0.1) is 0 Å². The van der Waals surface area contributed by atoms with Crippen molar-refractivity contribution < 1.29 is 9.53 Å². The highest BCUT2D eigenvalue weighted by Gasteiger charge is 2.25. The van der Waals surface area contributed by atoms with Crippen LogP contribution in [-0.4, -0.2) is 27.1 Å². The third-order valence-electron chi connectivity index (χ3n) is 4.52. The van der Waals surface area contributed by atoms with Gasteiger partial charge in [0.05, 0.1) is 17.6 Å². The van der Waals surface area contributed by atoms with Crippen LogP contribution in [-0.2, 0) is 4.74 Å². The molecule has 6 nitrogen and oxygen atoms in total. The number of hydrogen-bond donors (Lipinski definition) is 1. The molecular formula is C21H19BrN4O2. The fraction of sp³-hybridized carbons (Fsp3) is 0.190. The Morgan fingerprint density at radius 2 is 1.79 bits per heavy atom. The maximum atomic E-state index is 12.8. The van der Waals surface area contributed by atoms with E-state index in [-0.39, 0.29) is 11.4 Å². The first-order valence-corrected chi connectivity index (χ1v) is 9.89. The average Bonchev–Trinajstić information content (AvgIpc) is 2.98. The van der Waals surface area contributed by atoms with Crippen LogP contribution < -0.4 is 5.73 Å². The molecule has 0 aliphatic carbocycles. The van der Waals surface area contributed by atoms with E-state index in [1.54, 1.807) is 4.57 Å². The summed E-state index contributed by atoms with van der Waals surface area (Å²) in [5.74, 6) is -0.203. The summed E-state index contributed by atoms with van der Waals surface area (Å²) in [6.07, 6.45) is 1.74. The predicted octanol–water partition coefficient (Wildman–Crippen LogP) is 4.88. The molecule has 0 aliphatic heterocycles. The Balaban J connectivity index is 1.97. The van der Waals surface area contributed by atoms with Crippen LogP contribution in [0.15, 0.2) is 53.0 Å². The Hall–Kier alpha value is -2.93. The highest BCUT2D eigenvalue weighted by atomic mass is 79.9. The summed E-state index contributed by atoms with van der Waals surface area (Å²) in [5.41, 5.74) is 9.88. The van der Waals surface area contributed by atoms with Gasteiger partial charge in [0, 0.05) is 10.2 Å². The van der Waals surface area contributed by atoms with Gasteiger partial charge in [0.2, 0.25) is 0 Å². The zero-order chi connectivity index (χ0) is 19.7. The first-order valence-electron chi connectivity index (χ1n) is 9.10. The van der Waals surface area contributed by atoms with Crippen LogP contribution in [0.25, 0.3) is 27.9 Å². The van der Waals surface area contributed by atoms with E-state index < -0.39 is 5.97 Å². The number of halogens is 1. The third-order valence-corrected chi connectivity index (χ3v) is 5.05. The lowest BCUT2D eigenvalue weighted by atomic mass is 10.2. The van der Waals surface area contributed by atoms with Gasteiger partial charge in [-0.1, -0.05) is 41.4 Å². The molecule has 142 valence electrons. The number of nitrogens with zero attached hydrogens (tertiary/aromatic N) is 3. The molecule has 0 saturated heterocycles. The molecule has 2 heterocycles. The minimum atomic E-state index is -0.476. The fourth-order valence-corrected chi connectivity index (χ4v) is 3.36. The molecule has 0 unspecified atom stereocenters. The van der Waals surface area contributed by atoms with Crippen LogP contribution in [0.5, 0.6) is 0 Å². The van der Waals surface area contributed by atoms with Crippen molar-refractivity contribution in [3.8, 4) is 5.69 Å². The average molecular weight is 439 g/mol. The molecule has 0 aliphatic rings. The number of nitrogen functional groups attached to an aromatic ring is 1. The van der Waals surface area contributed by atoms with E-state index in [2.05, 4.69) is 20.9 Å². The van der Waals surface area contributed by atoms with E-state index in [4.69, 9.17) is 15.5 Å². The van der Waals surface area contributed by atoms with Gasteiger partial charge in [-0.2, -0.15) is 0 Å². The second kappa shape index (κ2) is 7.59. The van der Waals surface area contributed by atoms with E-state index in [1.807, 2.05) is 55.5 Å². The van der Waals surface area contributed by atoms with Crippen LogP contribution in [0.2, 0.25) is 0 Å². The second-order valence-electron chi connectivity index (χ2n) is 6.45. The summed E-state index contributed by atoms with van der Waals surface area (Å²) in [6, 6.07) is 15.2. The van der Waals surface area contributed by atoms with Gasteiger partial charge in [-0.15, -0.1) is 0 Å². The van der Waals surface area contributed by atoms with Crippen molar-refractivity contribution in [1.82, 2.24) is 14.5 Å². The molecular weight excluding hydrogens is 420 g/mol. The van der Waals surface area contributed by atoms with Gasteiger partial charge in [0.1, 0.15) is 16.9 Å². The quantitative estimate of drug-likeness (QED) is 0.354. The minimum Gasteiger partial charge on any atom is -0.462 e. The molecule has 0 radical (unpaired) electrons. The Kier molecular flexibility index (Phi) is 5.00. The summed E-state index contributed by atoms with van der Waals surface area (Å²) in [6.45, 7) is 2.39. The molecule has 7 heteroatoms. The van der Waals surface area contributed by atoms with Crippen molar-refractivity contribution in [3.05, 3.63) is 58.6 Å². The number of para-hydroxylation sites is 2. The smallest absolute Gasteiger partial charge is 0.344 e. The van der Waals surface area contributed by atoms with E-state index in [0.717, 1.165) is 28.5 Å². The largest absolute Gasteiger partial charge is 0.462 e. The predicted molar refractivity (Wildman–Crippen MR) is 114 cm³/mol. The van der Waals surface area contributed by atoms with Gasteiger partial charge < -0.3 is 10.5 Å². The molecule has 0 atom stereocenters. The molecule has 0 saturated carbocycles. The summed E-state index contributed by atoms with van der Waals surface area (Å²) in [4.78, 5) is 22.2. The molecule has 28 heavy (non-hydrogen) atoms. The van der Waals surface area contributed by atoms with Crippen molar-refractivity contribution in [2.45, 2.75) is 19.8 Å². The molecule has 0 bridgehead atoms. The lowest BCUT2D eigenvalue weighted by Gasteiger charge is -2.08. The van der Waals surface area contributed by atoms with Gasteiger partial charge in [0.25, 0.3) is 0 Å². The van der Waals surface area contributed by atoms with E-state index in [9.17, 15) is 4.79 Å². The molecule has 0 spiro atoms. The van der Waals surface area contributed by atoms with Crippen LogP contribution in [0.4, 0.5) is 5.82 Å². The Morgan fingerprint density at radius 3 is 2.46 bits per heavy atom. The van der Waals surface area contributed by atoms with Crippen LogP contribution >= 0.6 is 15.9 Å². The van der Waals surface area contributed by atoms with Crippen molar-refractivity contribution in [1.29, 1.82) is 0 Å². The van der Waals surface area contributed by atoms with Crippen molar-refractivity contribution in [3.63, 3.8) is 0 Å². The van der Waals surface area contributed by atoms with Gasteiger partial charge in [-0.25, -0.2) is 14.8 Å². The number of benzene rings is 2. The van der Waals surface area contributed by atoms with Gasteiger partial charge in [-0.3, -0.25) is 4.57 Å². The number of carbonyl (C=O) groups excluding carboxylic acids is 1. The maximum absolute atomic E-state index is 12.8. The standard InChI is InChI=1S/C21H19BrN4O2/c1-2-3-12-28-21(27)17-18-20(25-16-7-5-4-6-15(16)24-18)26(19(17)23)14-10-8-13(22)9-11-14/h4-11H,2-3,12,23H2,1H3. The maximum Gasteiger partial charge on any atom is 0.344 e. The topological polar surface area (TPSA) is 83.0 Å². The summed E-state index contributed by atoms with van der Waals surface area (Å²) in [7, 11) is 0. The number of nitrogens with two attached hydrogens (primary N) is 1.